The Morgan fingerprint density at radius 3 is 2.76 bits per heavy atom. The van der Waals surface area contributed by atoms with E-state index in [2.05, 4.69) is 11.4 Å². The van der Waals surface area contributed by atoms with Crippen LogP contribution in [0.5, 0.6) is 5.75 Å². The monoisotopic (exact) mass is 309 g/mol. The third-order valence-electron chi connectivity index (χ3n) is 4.39. The summed E-state index contributed by atoms with van der Waals surface area (Å²) in [6.45, 7) is 0.781. The summed E-state index contributed by atoms with van der Waals surface area (Å²) in [5.41, 5.74) is 1.09. The highest BCUT2D eigenvalue weighted by atomic mass is 35.5. The van der Waals surface area contributed by atoms with Gasteiger partial charge in [-0.15, -0.1) is 0 Å². The zero-order chi connectivity index (χ0) is 14.7. The van der Waals surface area contributed by atoms with Crippen molar-refractivity contribution in [3.05, 3.63) is 28.8 Å². The Labute approximate surface area is 131 Å². The molecule has 0 aromatic heterocycles. The van der Waals surface area contributed by atoms with Crippen molar-refractivity contribution in [1.29, 1.82) is 0 Å². The van der Waals surface area contributed by atoms with Crippen molar-refractivity contribution >= 4 is 11.6 Å². The van der Waals surface area contributed by atoms with Gasteiger partial charge in [0.05, 0.1) is 11.1 Å². The lowest BCUT2D eigenvalue weighted by molar-refractivity contribution is 0.0314. The van der Waals surface area contributed by atoms with E-state index in [1.54, 1.807) is 0 Å². The van der Waals surface area contributed by atoms with Gasteiger partial charge in [0, 0.05) is 18.2 Å². The number of nitrogens with one attached hydrogen (secondary N) is 1. The molecule has 0 heterocycles. The highest BCUT2D eigenvalue weighted by Crippen LogP contribution is 2.33. The molecule has 0 aliphatic heterocycles. The predicted molar refractivity (Wildman–Crippen MR) is 84.8 cm³/mol. The molecule has 1 aromatic carbocycles. The Bertz CT molecular complexity index is 476. The maximum absolute atomic E-state index is 10.2. The molecule has 21 heavy (non-hydrogen) atoms. The first-order valence-corrected chi connectivity index (χ1v) is 8.47. The number of benzene rings is 1. The van der Waals surface area contributed by atoms with E-state index in [4.69, 9.17) is 16.3 Å². The van der Waals surface area contributed by atoms with Gasteiger partial charge in [-0.25, -0.2) is 0 Å². The van der Waals surface area contributed by atoms with Gasteiger partial charge in [0.1, 0.15) is 11.9 Å². The van der Waals surface area contributed by atoms with E-state index in [1.807, 2.05) is 12.1 Å². The smallest absolute Gasteiger partial charge is 0.142 e. The van der Waals surface area contributed by atoms with Crippen LogP contribution in [0.2, 0.25) is 5.02 Å². The minimum absolute atomic E-state index is 0.132. The Kier molecular flexibility index (Phi) is 5.04. The second kappa shape index (κ2) is 6.99. The van der Waals surface area contributed by atoms with Gasteiger partial charge >= 0.3 is 0 Å². The van der Waals surface area contributed by atoms with E-state index < -0.39 is 0 Å². The molecule has 0 bridgehead atoms. The van der Waals surface area contributed by atoms with Gasteiger partial charge in [-0.2, -0.15) is 0 Å². The van der Waals surface area contributed by atoms with Crippen LogP contribution in [-0.2, 0) is 6.54 Å². The van der Waals surface area contributed by atoms with E-state index in [-0.39, 0.29) is 12.2 Å². The largest absolute Gasteiger partial charge is 0.486 e. The predicted octanol–water partition coefficient (Wildman–Crippen LogP) is 3.66. The summed E-state index contributed by atoms with van der Waals surface area (Å²) in [5.74, 6) is 0.748. The molecule has 0 saturated heterocycles. The van der Waals surface area contributed by atoms with Gasteiger partial charge in [-0.1, -0.05) is 36.6 Å². The van der Waals surface area contributed by atoms with Crippen molar-refractivity contribution in [1.82, 2.24) is 5.32 Å². The Morgan fingerprint density at radius 1 is 1.14 bits per heavy atom. The fourth-order valence-electron chi connectivity index (χ4n) is 2.91. The molecule has 2 saturated carbocycles. The van der Waals surface area contributed by atoms with Crippen LogP contribution >= 0.6 is 11.6 Å². The summed E-state index contributed by atoms with van der Waals surface area (Å²) < 4.78 is 6.14. The first kappa shape index (κ1) is 15.1. The Balaban J connectivity index is 1.72. The molecule has 2 fully saturated rings. The van der Waals surface area contributed by atoms with Gasteiger partial charge in [-0.05, 0) is 38.2 Å². The van der Waals surface area contributed by atoms with E-state index in [0.717, 1.165) is 43.5 Å². The molecule has 2 aliphatic carbocycles. The summed E-state index contributed by atoms with van der Waals surface area (Å²) in [6.07, 6.45) is 7.11. The first-order valence-electron chi connectivity index (χ1n) is 8.09. The summed E-state index contributed by atoms with van der Waals surface area (Å²) in [7, 11) is 0. The van der Waals surface area contributed by atoms with Crippen LogP contribution < -0.4 is 10.1 Å². The molecule has 3 rings (SSSR count). The molecule has 116 valence electrons. The number of halogens is 1. The zero-order valence-corrected chi connectivity index (χ0v) is 13.1. The number of hydrogen-bond acceptors (Lipinski definition) is 3. The molecule has 0 radical (unpaired) electrons. The quantitative estimate of drug-likeness (QED) is 0.816. The third kappa shape index (κ3) is 4.12. The molecule has 2 N–H and O–H groups in total. The van der Waals surface area contributed by atoms with Crippen LogP contribution in [0.25, 0.3) is 0 Å². The number of aliphatic hydroxyl groups excluding tert-OH is 1. The lowest BCUT2D eigenvalue weighted by atomic mass is 10.1. The van der Waals surface area contributed by atoms with Gasteiger partial charge in [0.15, 0.2) is 0 Å². The molecule has 2 atom stereocenters. The van der Waals surface area contributed by atoms with E-state index in [0.29, 0.717) is 11.1 Å². The average molecular weight is 310 g/mol. The summed E-state index contributed by atoms with van der Waals surface area (Å²) in [5, 5.41) is 14.4. The van der Waals surface area contributed by atoms with Crippen molar-refractivity contribution in [2.24, 2.45) is 0 Å². The van der Waals surface area contributed by atoms with Crippen LogP contribution in [-0.4, -0.2) is 23.4 Å². The highest BCUT2D eigenvalue weighted by Gasteiger charge is 2.26. The minimum atomic E-state index is -0.381. The normalized spacial score (nSPS) is 26.4. The van der Waals surface area contributed by atoms with Gasteiger partial charge < -0.3 is 15.2 Å². The molecule has 4 heteroatoms. The van der Waals surface area contributed by atoms with E-state index in [1.165, 1.54) is 19.3 Å². The topological polar surface area (TPSA) is 41.5 Å². The van der Waals surface area contributed by atoms with Crippen LogP contribution in [0, 0.1) is 0 Å². The van der Waals surface area contributed by atoms with Gasteiger partial charge in [0.2, 0.25) is 0 Å². The molecular weight excluding hydrogens is 286 g/mol. The average Bonchev–Trinajstić information content (AvgIpc) is 3.29. The molecule has 2 unspecified atom stereocenters. The lowest BCUT2D eigenvalue weighted by Gasteiger charge is -2.24. The lowest BCUT2D eigenvalue weighted by Crippen LogP contribution is -2.31. The standard InChI is InChI=1S/C17H24ClNO2/c18-14-6-4-5-12(11-19-13-9-10-13)17(14)21-16-8-3-1-2-7-15(16)20/h4-6,13,15-16,19-20H,1-3,7-11H2. The van der Waals surface area contributed by atoms with Crippen molar-refractivity contribution < 1.29 is 9.84 Å². The Morgan fingerprint density at radius 2 is 1.95 bits per heavy atom. The Hall–Kier alpha value is -0.770. The van der Waals surface area contributed by atoms with Crippen LogP contribution in [0.4, 0.5) is 0 Å². The van der Waals surface area contributed by atoms with Crippen LogP contribution in [0.1, 0.15) is 50.5 Å². The molecule has 0 spiro atoms. The molecule has 0 amide bonds. The van der Waals surface area contributed by atoms with Crippen molar-refractivity contribution in [2.75, 3.05) is 0 Å². The number of hydrogen-bond donors (Lipinski definition) is 2. The number of ether oxygens (including phenoxy) is 1. The maximum Gasteiger partial charge on any atom is 0.142 e. The van der Waals surface area contributed by atoms with Crippen molar-refractivity contribution in [3.63, 3.8) is 0 Å². The van der Waals surface area contributed by atoms with Crippen molar-refractivity contribution in [2.45, 2.75) is 69.7 Å². The second-order valence-electron chi connectivity index (χ2n) is 6.24. The maximum atomic E-state index is 10.2. The van der Waals surface area contributed by atoms with Crippen LogP contribution in [0.3, 0.4) is 0 Å². The minimum Gasteiger partial charge on any atom is -0.486 e. The van der Waals surface area contributed by atoms with E-state index in [9.17, 15) is 5.11 Å². The molecule has 1 aromatic rings. The number of aliphatic hydroxyl groups is 1. The second-order valence-corrected chi connectivity index (χ2v) is 6.65. The van der Waals surface area contributed by atoms with E-state index >= 15 is 0 Å². The van der Waals surface area contributed by atoms with Gasteiger partial charge in [-0.3, -0.25) is 0 Å². The fourth-order valence-corrected chi connectivity index (χ4v) is 3.15. The van der Waals surface area contributed by atoms with Gasteiger partial charge in [0.25, 0.3) is 0 Å². The highest BCUT2D eigenvalue weighted by molar-refractivity contribution is 6.32. The number of para-hydroxylation sites is 1. The van der Waals surface area contributed by atoms with Crippen molar-refractivity contribution in [3.8, 4) is 5.75 Å². The van der Waals surface area contributed by atoms with Crippen LogP contribution in [0.15, 0.2) is 18.2 Å². The molecule has 3 nitrogen and oxygen atoms in total. The molecular formula is C17H24ClNO2. The summed E-state index contributed by atoms with van der Waals surface area (Å²) in [4.78, 5) is 0. The molecule has 2 aliphatic rings. The zero-order valence-electron chi connectivity index (χ0n) is 12.4. The first-order chi connectivity index (χ1) is 10.2. The fraction of sp³-hybridized carbons (Fsp3) is 0.647. The third-order valence-corrected chi connectivity index (χ3v) is 4.69. The number of rotatable bonds is 5. The summed E-state index contributed by atoms with van der Waals surface area (Å²) >= 11 is 6.33. The summed E-state index contributed by atoms with van der Waals surface area (Å²) in [6, 6.07) is 6.53. The SMILES string of the molecule is OC1CCCCCC1Oc1c(Cl)cccc1CNC1CC1.